The molecule has 32 heavy (non-hydrogen) atoms. The fourth-order valence-electron chi connectivity index (χ4n) is 3.67. The van der Waals surface area contributed by atoms with Gasteiger partial charge in [-0.05, 0) is 44.0 Å². The maximum absolute atomic E-state index is 12.5. The zero-order valence-electron chi connectivity index (χ0n) is 18.3. The molecule has 0 bridgehead atoms. The van der Waals surface area contributed by atoms with Crippen LogP contribution in [0.25, 0.3) is 0 Å². The molecular weight excluding hydrogens is 444 g/mol. The van der Waals surface area contributed by atoms with E-state index in [9.17, 15) is 4.79 Å². The molecule has 0 saturated carbocycles. The van der Waals surface area contributed by atoms with Crippen molar-refractivity contribution in [3.05, 3.63) is 76.0 Å². The van der Waals surface area contributed by atoms with Crippen LogP contribution in [0, 0.1) is 0 Å². The Morgan fingerprint density at radius 3 is 2.66 bits per heavy atom. The molecule has 166 valence electrons. The molecule has 0 saturated heterocycles. The Morgan fingerprint density at radius 2 is 1.97 bits per heavy atom. The topological polar surface area (TPSA) is 69.0 Å². The van der Waals surface area contributed by atoms with Crippen molar-refractivity contribution in [2.45, 2.75) is 45.0 Å². The van der Waals surface area contributed by atoms with E-state index >= 15 is 0 Å². The molecule has 1 aliphatic rings. The van der Waals surface area contributed by atoms with Crippen LogP contribution in [-0.4, -0.2) is 26.3 Å². The lowest BCUT2D eigenvalue weighted by atomic mass is 9.93. The number of anilines is 1. The third-order valence-electron chi connectivity index (χ3n) is 5.20. The monoisotopic (exact) mass is 468 g/mol. The van der Waals surface area contributed by atoms with E-state index in [0.717, 1.165) is 34.7 Å². The highest BCUT2D eigenvalue weighted by atomic mass is 35.5. The summed E-state index contributed by atoms with van der Waals surface area (Å²) < 4.78 is 7.72. The number of carbonyl (C=O) groups excluding carboxylic acids is 1. The second kappa shape index (κ2) is 9.79. The first-order chi connectivity index (χ1) is 15.5. The van der Waals surface area contributed by atoms with Crippen LogP contribution in [0.5, 0.6) is 5.75 Å². The molecule has 1 unspecified atom stereocenters. The maximum Gasteiger partial charge on any atom is 0.227 e. The first-order valence-corrected chi connectivity index (χ1v) is 11.9. The fraction of sp³-hybridized carbons (Fsp3) is 0.292. The smallest absolute Gasteiger partial charge is 0.227 e. The van der Waals surface area contributed by atoms with Gasteiger partial charge in [0.1, 0.15) is 18.4 Å². The highest BCUT2D eigenvalue weighted by Gasteiger charge is 2.32. The molecular formula is C24H25ClN4O2S. The Morgan fingerprint density at radius 1 is 1.22 bits per heavy atom. The average molecular weight is 469 g/mol. The number of allylic oxidation sites excluding steroid dienone is 2. The lowest BCUT2D eigenvalue weighted by Gasteiger charge is -2.28. The Balaban J connectivity index is 1.61. The molecule has 0 fully saturated rings. The number of Topliss-reactive ketones (excluding diaryl/α,β-unsaturated/α-hetero) is 1. The summed E-state index contributed by atoms with van der Waals surface area (Å²) in [6.45, 7) is 6.00. The van der Waals surface area contributed by atoms with Gasteiger partial charge in [-0.25, -0.2) is 4.68 Å². The highest BCUT2D eigenvalue weighted by molar-refractivity contribution is 7.99. The third kappa shape index (κ3) is 4.69. The number of nitrogens with zero attached hydrogens (tertiary/aromatic N) is 3. The number of aromatic nitrogens is 3. The van der Waals surface area contributed by atoms with Crippen LogP contribution in [0.3, 0.4) is 0 Å². The van der Waals surface area contributed by atoms with E-state index < -0.39 is 0 Å². The van der Waals surface area contributed by atoms with Crippen molar-refractivity contribution in [1.82, 2.24) is 14.8 Å². The van der Waals surface area contributed by atoms with Gasteiger partial charge in [0.05, 0.1) is 0 Å². The summed E-state index contributed by atoms with van der Waals surface area (Å²) in [5, 5.41) is 9.32. The molecule has 4 rings (SSSR count). The zero-order chi connectivity index (χ0) is 22.7. The van der Waals surface area contributed by atoms with Crippen molar-refractivity contribution in [3.63, 3.8) is 0 Å². The van der Waals surface area contributed by atoms with E-state index in [4.69, 9.17) is 21.4 Å². The standard InChI is InChI=1S/C24H25ClN4O2S/c1-4-13-32-24-27-23-26-15(2)21(16(3)30)22(29(23)28-24)17-9-11-19(12-10-17)31-14-18-7-5-6-8-20(18)25/h5-12,22H,4,13-14H2,1-3H3,(H,26,27,28). The van der Waals surface area contributed by atoms with E-state index in [1.165, 1.54) is 0 Å². The molecule has 0 aliphatic carbocycles. The van der Waals surface area contributed by atoms with E-state index in [-0.39, 0.29) is 11.8 Å². The number of hydrogen-bond acceptors (Lipinski definition) is 6. The predicted octanol–water partition coefficient (Wildman–Crippen LogP) is 5.89. The molecule has 2 aromatic carbocycles. The number of carbonyl (C=O) groups is 1. The molecule has 0 amide bonds. The van der Waals surface area contributed by atoms with Crippen LogP contribution >= 0.6 is 23.4 Å². The van der Waals surface area contributed by atoms with Crippen LogP contribution in [0.1, 0.15) is 44.4 Å². The number of ketones is 1. The van der Waals surface area contributed by atoms with E-state index in [2.05, 4.69) is 17.2 Å². The van der Waals surface area contributed by atoms with Crippen LogP contribution in [0.4, 0.5) is 5.95 Å². The molecule has 1 N–H and O–H groups in total. The van der Waals surface area contributed by atoms with E-state index in [0.29, 0.717) is 28.3 Å². The van der Waals surface area contributed by atoms with Gasteiger partial charge in [0.25, 0.3) is 0 Å². The van der Waals surface area contributed by atoms with Crippen LogP contribution in [0.15, 0.2) is 65.0 Å². The van der Waals surface area contributed by atoms with Gasteiger partial charge in [-0.1, -0.05) is 60.6 Å². The Bertz CT molecular complexity index is 1160. The maximum atomic E-state index is 12.5. The lowest BCUT2D eigenvalue weighted by Crippen LogP contribution is -2.27. The van der Waals surface area contributed by atoms with Crippen molar-refractivity contribution < 1.29 is 9.53 Å². The minimum atomic E-state index is -0.343. The van der Waals surface area contributed by atoms with Crippen LogP contribution in [-0.2, 0) is 11.4 Å². The summed E-state index contributed by atoms with van der Waals surface area (Å²) in [6.07, 6.45) is 1.04. The van der Waals surface area contributed by atoms with Gasteiger partial charge in [0, 0.05) is 27.6 Å². The molecule has 0 spiro atoms. The van der Waals surface area contributed by atoms with Gasteiger partial charge in [0.2, 0.25) is 11.1 Å². The van der Waals surface area contributed by atoms with Gasteiger partial charge in [-0.3, -0.25) is 4.79 Å². The number of rotatable bonds is 8. The molecule has 3 aromatic rings. The zero-order valence-corrected chi connectivity index (χ0v) is 19.8. The molecule has 1 aromatic heterocycles. The van der Waals surface area contributed by atoms with Crippen molar-refractivity contribution in [2.75, 3.05) is 11.1 Å². The van der Waals surface area contributed by atoms with Crippen molar-refractivity contribution in [2.24, 2.45) is 0 Å². The number of benzene rings is 2. The fourth-order valence-corrected chi connectivity index (χ4v) is 4.55. The van der Waals surface area contributed by atoms with Gasteiger partial charge in [-0.2, -0.15) is 4.98 Å². The largest absolute Gasteiger partial charge is 0.489 e. The summed E-state index contributed by atoms with van der Waals surface area (Å²) in [5.41, 5.74) is 3.35. The van der Waals surface area contributed by atoms with Gasteiger partial charge in [-0.15, -0.1) is 5.10 Å². The number of fused-ring (bicyclic) bond motifs is 1. The molecule has 8 heteroatoms. The third-order valence-corrected chi connectivity index (χ3v) is 6.61. The first kappa shape index (κ1) is 22.4. The van der Waals surface area contributed by atoms with Gasteiger partial charge < -0.3 is 10.1 Å². The molecule has 6 nitrogen and oxygen atoms in total. The minimum Gasteiger partial charge on any atom is -0.489 e. The number of hydrogen-bond donors (Lipinski definition) is 1. The first-order valence-electron chi connectivity index (χ1n) is 10.5. The highest BCUT2D eigenvalue weighted by Crippen LogP contribution is 2.37. The predicted molar refractivity (Wildman–Crippen MR) is 128 cm³/mol. The van der Waals surface area contributed by atoms with Crippen molar-refractivity contribution in [3.8, 4) is 5.75 Å². The van der Waals surface area contributed by atoms with Crippen LogP contribution in [0.2, 0.25) is 5.02 Å². The number of thioether (sulfide) groups is 1. The van der Waals surface area contributed by atoms with Gasteiger partial charge in [0.15, 0.2) is 5.78 Å². The molecule has 0 radical (unpaired) electrons. The Hall–Kier alpha value is -2.77. The summed E-state index contributed by atoms with van der Waals surface area (Å²) in [7, 11) is 0. The quantitative estimate of drug-likeness (QED) is 0.415. The van der Waals surface area contributed by atoms with E-state index in [1.807, 2.05) is 55.5 Å². The van der Waals surface area contributed by atoms with Gasteiger partial charge >= 0.3 is 0 Å². The number of halogens is 1. The lowest BCUT2D eigenvalue weighted by molar-refractivity contribution is -0.114. The molecule has 1 aliphatic heterocycles. The number of nitrogens with one attached hydrogen (secondary N) is 1. The Kier molecular flexibility index (Phi) is 6.86. The van der Waals surface area contributed by atoms with Crippen molar-refractivity contribution in [1.29, 1.82) is 0 Å². The van der Waals surface area contributed by atoms with Crippen LogP contribution < -0.4 is 10.1 Å². The Labute approximate surface area is 197 Å². The second-order valence-corrected chi connectivity index (χ2v) is 9.05. The minimum absolute atomic E-state index is 0.00274. The van der Waals surface area contributed by atoms with Crippen molar-refractivity contribution >= 4 is 35.1 Å². The normalized spacial score (nSPS) is 15.3. The summed E-state index contributed by atoms with van der Waals surface area (Å²) in [5.74, 6) is 2.32. The summed E-state index contributed by atoms with van der Waals surface area (Å²) in [4.78, 5) is 17.2. The SMILES string of the molecule is CCCSc1nc2n(n1)C(c1ccc(OCc3ccccc3Cl)cc1)C(C(C)=O)=C(C)N2. The van der Waals surface area contributed by atoms with E-state index in [1.54, 1.807) is 23.4 Å². The number of ether oxygens (including phenoxy) is 1. The molecule has 2 heterocycles. The summed E-state index contributed by atoms with van der Waals surface area (Å²) >= 11 is 7.83. The summed E-state index contributed by atoms with van der Waals surface area (Å²) in [6, 6.07) is 15.0. The second-order valence-electron chi connectivity index (χ2n) is 7.58. The molecule has 1 atom stereocenters. The average Bonchev–Trinajstić information content (AvgIpc) is 3.18.